The van der Waals surface area contributed by atoms with E-state index in [0.717, 1.165) is 5.33 Å². The van der Waals surface area contributed by atoms with Crippen LogP contribution >= 0.6 is 15.9 Å². The van der Waals surface area contributed by atoms with Crippen molar-refractivity contribution in [3.8, 4) is 0 Å². The molecular weight excluding hydrogens is 262 g/mol. The predicted molar refractivity (Wildman–Crippen MR) is 60.6 cm³/mol. The highest BCUT2D eigenvalue weighted by Crippen LogP contribution is 2.14. The summed E-state index contributed by atoms with van der Waals surface area (Å²) in [7, 11) is 0. The van der Waals surface area contributed by atoms with Gasteiger partial charge in [-0.15, -0.1) is 0 Å². The Morgan fingerprint density at radius 3 is 3.33 bits per heavy atom. The Labute approximate surface area is 95.6 Å². The molecule has 5 nitrogen and oxygen atoms in total. The molecule has 1 aromatic rings. The number of rotatable bonds is 2. The van der Waals surface area contributed by atoms with Gasteiger partial charge in [0.25, 0.3) is 5.56 Å². The summed E-state index contributed by atoms with van der Waals surface area (Å²) in [5, 5.41) is 0.767. The van der Waals surface area contributed by atoms with E-state index in [0.29, 0.717) is 25.6 Å². The molecule has 1 atom stereocenters. The highest BCUT2D eigenvalue weighted by Gasteiger charge is 2.24. The number of aromatic amines is 1. The van der Waals surface area contributed by atoms with Crippen LogP contribution in [0.5, 0.6) is 0 Å². The number of anilines is 1. The average Bonchev–Trinajstić information content (AvgIpc) is 2.30. The Morgan fingerprint density at radius 1 is 1.73 bits per heavy atom. The van der Waals surface area contributed by atoms with E-state index in [-0.39, 0.29) is 11.6 Å². The number of H-pyrrole nitrogens is 1. The summed E-state index contributed by atoms with van der Waals surface area (Å²) in [6.45, 7) is 1.97. The van der Waals surface area contributed by atoms with Crippen LogP contribution in [0.15, 0.2) is 17.2 Å². The number of alkyl halides is 1. The van der Waals surface area contributed by atoms with Gasteiger partial charge in [-0.1, -0.05) is 15.9 Å². The van der Waals surface area contributed by atoms with Crippen LogP contribution in [0, 0.1) is 0 Å². The van der Waals surface area contributed by atoms with Gasteiger partial charge in [0.2, 0.25) is 0 Å². The van der Waals surface area contributed by atoms with E-state index in [1.54, 1.807) is 6.20 Å². The molecular formula is C9H12BrN3O2. The van der Waals surface area contributed by atoms with Crippen LogP contribution in [0.1, 0.15) is 0 Å². The van der Waals surface area contributed by atoms with E-state index < -0.39 is 0 Å². The van der Waals surface area contributed by atoms with Crippen LogP contribution < -0.4 is 10.5 Å². The van der Waals surface area contributed by atoms with Crippen molar-refractivity contribution in [3.05, 3.63) is 22.7 Å². The van der Waals surface area contributed by atoms with Crippen LogP contribution in [0.4, 0.5) is 5.82 Å². The van der Waals surface area contributed by atoms with Crippen molar-refractivity contribution >= 4 is 21.7 Å². The van der Waals surface area contributed by atoms with Crippen molar-refractivity contribution in [2.24, 2.45) is 0 Å². The summed E-state index contributed by atoms with van der Waals surface area (Å²) >= 11 is 3.41. The van der Waals surface area contributed by atoms with Gasteiger partial charge in [-0.05, 0) is 0 Å². The summed E-state index contributed by atoms with van der Waals surface area (Å²) in [6.07, 6.45) is 3.13. The third-order valence-corrected chi connectivity index (χ3v) is 3.11. The standard InChI is InChI=1S/C9H12BrN3O2/c10-5-7-6-15-4-3-13(7)8-9(14)12-2-1-11-8/h1-2,7H,3-6H2,(H,12,14). The first-order chi connectivity index (χ1) is 7.33. The summed E-state index contributed by atoms with van der Waals surface area (Å²) in [6, 6.07) is 0.176. The van der Waals surface area contributed by atoms with Crippen molar-refractivity contribution in [3.63, 3.8) is 0 Å². The Morgan fingerprint density at radius 2 is 2.60 bits per heavy atom. The Bertz CT molecular complexity index is 382. The average molecular weight is 274 g/mol. The number of aromatic nitrogens is 2. The van der Waals surface area contributed by atoms with Crippen LogP contribution in [0.2, 0.25) is 0 Å². The zero-order valence-electron chi connectivity index (χ0n) is 8.15. The van der Waals surface area contributed by atoms with Gasteiger partial charge in [0.1, 0.15) is 0 Å². The summed E-state index contributed by atoms with van der Waals surface area (Å²) in [4.78, 5) is 20.3. The fourth-order valence-corrected chi connectivity index (χ4v) is 2.15. The van der Waals surface area contributed by atoms with E-state index in [2.05, 4.69) is 25.9 Å². The topological polar surface area (TPSA) is 58.2 Å². The molecule has 1 fully saturated rings. The number of morpholine rings is 1. The molecule has 0 amide bonds. The number of halogens is 1. The number of hydrogen-bond acceptors (Lipinski definition) is 4. The lowest BCUT2D eigenvalue weighted by Crippen LogP contribution is -2.49. The summed E-state index contributed by atoms with van der Waals surface area (Å²) in [5.74, 6) is 0.477. The monoisotopic (exact) mass is 273 g/mol. The molecule has 15 heavy (non-hydrogen) atoms. The maximum atomic E-state index is 11.6. The van der Waals surface area contributed by atoms with E-state index in [1.807, 2.05) is 4.90 Å². The fourth-order valence-electron chi connectivity index (χ4n) is 1.61. The van der Waals surface area contributed by atoms with Crippen molar-refractivity contribution in [1.29, 1.82) is 0 Å². The van der Waals surface area contributed by atoms with E-state index >= 15 is 0 Å². The molecule has 1 aliphatic rings. The minimum absolute atomic E-state index is 0.148. The highest BCUT2D eigenvalue weighted by atomic mass is 79.9. The molecule has 0 aliphatic carbocycles. The maximum absolute atomic E-state index is 11.6. The number of nitrogens with one attached hydrogen (secondary N) is 1. The lowest BCUT2D eigenvalue weighted by Gasteiger charge is -2.34. The molecule has 1 unspecified atom stereocenters. The molecule has 0 radical (unpaired) electrons. The van der Waals surface area contributed by atoms with Crippen molar-refractivity contribution < 1.29 is 4.74 Å². The van der Waals surface area contributed by atoms with Gasteiger partial charge < -0.3 is 14.6 Å². The highest BCUT2D eigenvalue weighted by molar-refractivity contribution is 9.09. The van der Waals surface area contributed by atoms with Crippen molar-refractivity contribution in [2.45, 2.75) is 6.04 Å². The molecule has 1 saturated heterocycles. The first-order valence-electron chi connectivity index (χ1n) is 4.77. The zero-order valence-corrected chi connectivity index (χ0v) is 9.74. The SMILES string of the molecule is O=c1[nH]ccnc1N1CCOCC1CBr. The van der Waals surface area contributed by atoms with Gasteiger partial charge >= 0.3 is 0 Å². The first-order valence-corrected chi connectivity index (χ1v) is 5.89. The Hall–Kier alpha value is -0.880. The van der Waals surface area contributed by atoms with E-state index in [1.165, 1.54) is 6.20 Å². The number of nitrogens with zero attached hydrogens (tertiary/aromatic N) is 2. The Balaban J connectivity index is 2.28. The molecule has 2 heterocycles. The molecule has 0 spiro atoms. The maximum Gasteiger partial charge on any atom is 0.290 e. The van der Waals surface area contributed by atoms with E-state index in [4.69, 9.17) is 4.74 Å². The van der Waals surface area contributed by atoms with Crippen LogP contribution in [0.3, 0.4) is 0 Å². The van der Waals surface area contributed by atoms with E-state index in [9.17, 15) is 4.79 Å². The summed E-state index contributed by atoms with van der Waals surface area (Å²) in [5.41, 5.74) is -0.148. The second-order valence-electron chi connectivity index (χ2n) is 3.32. The smallest absolute Gasteiger partial charge is 0.290 e. The second-order valence-corrected chi connectivity index (χ2v) is 3.97. The van der Waals surface area contributed by atoms with Gasteiger partial charge in [0.15, 0.2) is 5.82 Å². The first kappa shape index (κ1) is 10.6. The molecule has 1 N–H and O–H groups in total. The molecule has 1 aromatic heterocycles. The third-order valence-electron chi connectivity index (χ3n) is 2.37. The molecule has 2 rings (SSSR count). The lowest BCUT2D eigenvalue weighted by molar-refractivity contribution is 0.0998. The largest absolute Gasteiger partial charge is 0.377 e. The zero-order chi connectivity index (χ0) is 10.7. The van der Waals surface area contributed by atoms with Gasteiger partial charge in [-0.25, -0.2) is 4.98 Å². The molecule has 0 aromatic carbocycles. The van der Waals surface area contributed by atoms with Gasteiger partial charge in [0.05, 0.1) is 19.3 Å². The number of hydrogen-bond donors (Lipinski definition) is 1. The summed E-state index contributed by atoms with van der Waals surface area (Å²) < 4.78 is 5.35. The predicted octanol–water partition coefficient (Wildman–Crippen LogP) is 0.370. The van der Waals surface area contributed by atoms with Crippen LogP contribution in [0.25, 0.3) is 0 Å². The molecule has 82 valence electrons. The third kappa shape index (κ3) is 2.21. The van der Waals surface area contributed by atoms with Crippen LogP contribution in [-0.4, -0.2) is 41.1 Å². The van der Waals surface area contributed by atoms with Gasteiger partial charge in [-0.3, -0.25) is 4.79 Å². The second kappa shape index (κ2) is 4.76. The van der Waals surface area contributed by atoms with Gasteiger partial charge in [-0.2, -0.15) is 0 Å². The van der Waals surface area contributed by atoms with Crippen molar-refractivity contribution in [1.82, 2.24) is 9.97 Å². The number of ether oxygens (including phenoxy) is 1. The van der Waals surface area contributed by atoms with Crippen LogP contribution in [-0.2, 0) is 4.74 Å². The quantitative estimate of drug-likeness (QED) is 0.792. The van der Waals surface area contributed by atoms with Gasteiger partial charge in [0, 0.05) is 24.3 Å². The minimum Gasteiger partial charge on any atom is -0.377 e. The minimum atomic E-state index is -0.148. The molecule has 1 aliphatic heterocycles. The normalized spacial score (nSPS) is 21.7. The molecule has 0 bridgehead atoms. The Kier molecular flexibility index (Phi) is 3.37. The lowest BCUT2D eigenvalue weighted by atomic mass is 10.2. The molecule has 0 saturated carbocycles. The molecule has 6 heteroatoms. The van der Waals surface area contributed by atoms with Crippen molar-refractivity contribution in [2.75, 3.05) is 30.0 Å². The fraction of sp³-hybridized carbons (Fsp3) is 0.556.